The number of carbonyl (C=O) groups excluding carboxylic acids is 2. The van der Waals surface area contributed by atoms with Crippen LogP contribution in [0.4, 0.5) is 11.5 Å². The first-order valence-corrected chi connectivity index (χ1v) is 7.44. The van der Waals surface area contributed by atoms with E-state index in [1.807, 2.05) is 6.92 Å². The molecule has 0 spiro atoms. The number of nitrogens with one attached hydrogen (secondary N) is 2. The van der Waals surface area contributed by atoms with E-state index in [1.54, 1.807) is 46.0 Å². The number of carbonyl (C=O) groups is 2. The minimum atomic E-state index is -0.547. The molecule has 22 heavy (non-hydrogen) atoms. The van der Waals surface area contributed by atoms with E-state index in [2.05, 4.69) is 15.6 Å². The van der Waals surface area contributed by atoms with Gasteiger partial charge < -0.3 is 15.4 Å². The quantitative estimate of drug-likeness (QED) is 0.790. The van der Waals surface area contributed by atoms with Crippen molar-refractivity contribution in [2.24, 2.45) is 5.92 Å². The Bertz CT molecular complexity index is 524. The molecule has 0 fully saturated rings. The minimum Gasteiger partial charge on any atom is -0.460 e. The van der Waals surface area contributed by atoms with Crippen molar-refractivity contribution in [3.8, 4) is 0 Å². The predicted molar refractivity (Wildman–Crippen MR) is 86.7 cm³/mol. The Morgan fingerprint density at radius 3 is 2.64 bits per heavy atom. The van der Waals surface area contributed by atoms with Crippen LogP contribution in [0.3, 0.4) is 0 Å². The number of hydrogen-bond acceptors (Lipinski definition) is 5. The summed E-state index contributed by atoms with van der Waals surface area (Å²) in [5.74, 6) is -0.487. The van der Waals surface area contributed by atoms with Crippen molar-refractivity contribution in [2.45, 2.75) is 46.6 Å². The smallest absolute Gasteiger partial charge is 0.307 e. The van der Waals surface area contributed by atoms with Crippen LogP contribution in [0.15, 0.2) is 18.3 Å². The van der Waals surface area contributed by atoms with E-state index in [-0.39, 0.29) is 18.3 Å². The van der Waals surface area contributed by atoms with Crippen LogP contribution in [0.2, 0.25) is 0 Å². The van der Waals surface area contributed by atoms with Crippen LogP contribution in [-0.2, 0) is 14.3 Å². The zero-order valence-corrected chi connectivity index (χ0v) is 13.9. The highest BCUT2D eigenvalue weighted by atomic mass is 16.6. The van der Waals surface area contributed by atoms with Crippen LogP contribution < -0.4 is 10.6 Å². The van der Waals surface area contributed by atoms with Gasteiger partial charge >= 0.3 is 5.97 Å². The maximum Gasteiger partial charge on any atom is 0.307 e. The van der Waals surface area contributed by atoms with Crippen molar-refractivity contribution in [1.82, 2.24) is 4.98 Å². The Morgan fingerprint density at radius 2 is 2.05 bits per heavy atom. The van der Waals surface area contributed by atoms with E-state index in [1.165, 1.54) is 0 Å². The molecule has 1 amide bonds. The molecule has 1 unspecified atom stereocenters. The fourth-order valence-electron chi connectivity index (χ4n) is 1.80. The van der Waals surface area contributed by atoms with Gasteiger partial charge in [-0.2, -0.15) is 0 Å². The standard InChI is InChI=1S/C16H25N3O3/c1-6-17-14-12(8-7-9-18-14)19-15(21)11(2)10-13(20)22-16(3,4)5/h7-9,11H,6,10H2,1-5H3,(H,17,18)(H,19,21). The van der Waals surface area contributed by atoms with Gasteiger partial charge in [-0.3, -0.25) is 9.59 Å². The summed E-state index contributed by atoms with van der Waals surface area (Å²) in [6.45, 7) is 9.75. The lowest BCUT2D eigenvalue weighted by molar-refractivity contribution is -0.156. The van der Waals surface area contributed by atoms with Crippen molar-refractivity contribution in [3.63, 3.8) is 0 Å². The molecular formula is C16H25N3O3. The largest absolute Gasteiger partial charge is 0.460 e. The van der Waals surface area contributed by atoms with E-state index in [4.69, 9.17) is 4.74 Å². The molecule has 1 heterocycles. The van der Waals surface area contributed by atoms with E-state index in [0.717, 1.165) is 0 Å². The van der Waals surface area contributed by atoms with Gasteiger partial charge in [-0.1, -0.05) is 6.92 Å². The third-order valence-corrected chi connectivity index (χ3v) is 2.75. The molecule has 1 rings (SSSR count). The van der Waals surface area contributed by atoms with Crippen LogP contribution in [0.1, 0.15) is 41.0 Å². The van der Waals surface area contributed by atoms with Gasteiger partial charge in [0.2, 0.25) is 5.91 Å². The van der Waals surface area contributed by atoms with Crippen molar-refractivity contribution < 1.29 is 14.3 Å². The van der Waals surface area contributed by atoms with Gasteiger partial charge in [0.05, 0.1) is 12.1 Å². The lowest BCUT2D eigenvalue weighted by Gasteiger charge is -2.21. The van der Waals surface area contributed by atoms with Crippen LogP contribution in [-0.4, -0.2) is 29.0 Å². The molecule has 2 N–H and O–H groups in total. The number of ether oxygens (including phenoxy) is 1. The second-order valence-corrected chi connectivity index (χ2v) is 6.11. The summed E-state index contributed by atoms with van der Waals surface area (Å²) in [5, 5.41) is 5.87. The molecule has 0 saturated carbocycles. The molecule has 122 valence electrons. The molecule has 0 aliphatic carbocycles. The molecule has 1 aromatic rings. The Kier molecular flexibility index (Phi) is 6.34. The van der Waals surface area contributed by atoms with Crippen molar-refractivity contribution in [3.05, 3.63) is 18.3 Å². The summed E-state index contributed by atoms with van der Waals surface area (Å²) in [4.78, 5) is 28.1. The number of hydrogen-bond donors (Lipinski definition) is 2. The second kappa shape index (κ2) is 7.77. The van der Waals surface area contributed by atoms with Crippen LogP contribution in [0.5, 0.6) is 0 Å². The number of anilines is 2. The van der Waals surface area contributed by atoms with E-state index >= 15 is 0 Å². The molecule has 1 atom stereocenters. The lowest BCUT2D eigenvalue weighted by atomic mass is 10.1. The van der Waals surface area contributed by atoms with E-state index in [0.29, 0.717) is 18.1 Å². The monoisotopic (exact) mass is 307 g/mol. The number of pyridine rings is 1. The van der Waals surface area contributed by atoms with Crippen molar-refractivity contribution >= 4 is 23.4 Å². The average Bonchev–Trinajstić information content (AvgIpc) is 2.38. The zero-order chi connectivity index (χ0) is 16.8. The highest BCUT2D eigenvalue weighted by Gasteiger charge is 2.22. The molecule has 6 heteroatoms. The summed E-state index contributed by atoms with van der Waals surface area (Å²) in [5.41, 5.74) is 0.0554. The van der Waals surface area contributed by atoms with Gasteiger partial charge in [-0.15, -0.1) is 0 Å². The Balaban J connectivity index is 2.63. The second-order valence-electron chi connectivity index (χ2n) is 6.11. The van der Waals surface area contributed by atoms with Crippen LogP contribution in [0, 0.1) is 5.92 Å². The molecule has 0 aromatic carbocycles. The number of nitrogens with zero attached hydrogens (tertiary/aromatic N) is 1. The lowest BCUT2D eigenvalue weighted by Crippen LogP contribution is -2.28. The van der Waals surface area contributed by atoms with Gasteiger partial charge in [-0.25, -0.2) is 4.98 Å². The SMILES string of the molecule is CCNc1ncccc1NC(=O)C(C)CC(=O)OC(C)(C)C. The topological polar surface area (TPSA) is 80.3 Å². The summed E-state index contributed by atoms with van der Waals surface area (Å²) >= 11 is 0. The number of rotatable bonds is 6. The Labute approximate surface area is 131 Å². The van der Waals surface area contributed by atoms with Gasteiger partial charge in [0, 0.05) is 18.7 Å². The summed E-state index contributed by atoms with van der Waals surface area (Å²) < 4.78 is 5.23. The van der Waals surface area contributed by atoms with Crippen LogP contribution in [0.25, 0.3) is 0 Å². The predicted octanol–water partition coefficient (Wildman–Crippen LogP) is 2.82. The first-order chi connectivity index (χ1) is 10.2. The molecule has 0 bridgehead atoms. The normalized spacial score (nSPS) is 12.4. The highest BCUT2D eigenvalue weighted by molar-refractivity contribution is 5.96. The number of esters is 1. The summed E-state index contributed by atoms with van der Waals surface area (Å²) in [7, 11) is 0. The zero-order valence-electron chi connectivity index (χ0n) is 13.9. The maximum absolute atomic E-state index is 12.2. The minimum absolute atomic E-state index is 0.0416. The average molecular weight is 307 g/mol. The maximum atomic E-state index is 12.2. The first kappa shape index (κ1) is 17.9. The molecule has 1 aromatic heterocycles. The Morgan fingerprint density at radius 1 is 1.36 bits per heavy atom. The third kappa shape index (κ3) is 6.11. The van der Waals surface area contributed by atoms with Crippen molar-refractivity contribution in [1.29, 1.82) is 0 Å². The summed E-state index contributed by atoms with van der Waals surface area (Å²) in [6.07, 6.45) is 1.69. The van der Waals surface area contributed by atoms with E-state index in [9.17, 15) is 9.59 Å². The van der Waals surface area contributed by atoms with Gasteiger partial charge in [-0.05, 0) is 39.8 Å². The molecule has 0 aliphatic heterocycles. The number of amides is 1. The molecule has 0 radical (unpaired) electrons. The number of aromatic nitrogens is 1. The van der Waals surface area contributed by atoms with E-state index < -0.39 is 11.5 Å². The third-order valence-electron chi connectivity index (χ3n) is 2.75. The first-order valence-electron chi connectivity index (χ1n) is 7.44. The van der Waals surface area contributed by atoms with Gasteiger partial charge in [0.1, 0.15) is 11.4 Å². The Hall–Kier alpha value is -2.11. The molecular weight excluding hydrogens is 282 g/mol. The fraction of sp³-hybridized carbons (Fsp3) is 0.562. The van der Waals surface area contributed by atoms with Gasteiger partial charge in [0.25, 0.3) is 0 Å². The molecule has 0 aliphatic rings. The van der Waals surface area contributed by atoms with Gasteiger partial charge in [0.15, 0.2) is 0 Å². The molecule has 0 saturated heterocycles. The summed E-state index contributed by atoms with van der Waals surface area (Å²) in [6, 6.07) is 3.51. The molecule has 6 nitrogen and oxygen atoms in total. The van der Waals surface area contributed by atoms with Crippen molar-refractivity contribution in [2.75, 3.05) is 17.2 Å². The highest BCUT2D eigenvalue weighted by Crippen LogP contribution is 2.19. The fourth-order valence-corrected chi connectivity index (χ4v) is 1.80. The van der Waals surface area contributed by atoms with Crippen LogP contribution >= 0.6 is 0 Å².